The number of hydrogen-bond acceptors (Lipinski definition) is 3. The zero-order valence-electron chi connectivity index (χ0n) is 9.98. The van der Waals surface area contributed by atoms with Gasteiger partial charge >= 0.3 is 0 Å². The molecule has 0 radical (unpaired) electrons. The fourth-order valence-corrected chi connectivity index (χ4v) is 1.91. The summed E-state index contributed by atoms with van der Waals surface area (Å²) in [7, 11) is 1.52. The van der Waals surface area contributed by atoms with Gasteiger partial charge in [-0.15, -0.1) is 0 Å². The standard InChI is InChI=1S/C13H10BrFN2O2/c1-19-10-2-3-12(14)11(5-10)13(18)17-9-4-8(15)6-16-7-9/h2-7H,1H3,(H,17,18). The van der Waals surface area contributed by atoms with Crippen LogP contribution in [0.15, 0.2) is 41.1 Å². The predicted octanol–water partition coefficient (Wildman–Crippen LogP) is 3.24. The molecule has 98 valence electrons. The number of methoxy groups -OCH3 is 1. The molecule has 19 heavy (non-hydrogen) atoms. The number of halogens is 2. The van der Waals surface area contributed by atoms with Crippen molar-refractivity contribution in [3.05, 3.63) is 52.5 Å². The summed E-state index contributed by atoms with van der Waals surface area (Å²) in [6.45, 7) is 0. The Bertz CT molecular complexity index is 619. The van der Waals surface area contributed by atoms with Crippen molar-refractivity contribution in [2.75, 3.05) is 12.4 Å². The Morgan fingerprint density at radius 2 is 2.16 bits per heavy atom. The Morgan fingerprint density at radius 1 is 1.37 bits per heavy atom. The number of carbonyl (C=O) groups excluding carboxylic acids is 1. The van der Waals surface area contributed by atoms with Gasteiger partial charge in [-0.1, -0.05) is 0 Å². The van der Waals surface area contributed by atoms with Gasteiger partial charge < -0.3 is 10.1 Å². The molecule has 4 nitrogen and oxygen atoms in total. The normalized spacial score (nSPS) is 10.1. The third-order valence-electron chi connectivity index (χ3n) is 2.38. The van der Waals surface area contributed by atoms with E-state index in [1.807, 2.05) is 0 Å². The highest BCUT2D eigenvalue weighted by atomic mass is 79.9. The molecule has 0 atom stereocenters. The summed E-state index contributed by atoms with van der Waals surface area (Å²) in [6, 6.07) is 6.22. The summed E-state index contributed by atoms with van der Waals surface area (Å²) in [4.78, 5) is 15.7. The van der Waals surface area contributed by atoms with Crippen molar-refractivity contribution < 1.29 is 13.9 Å². The first kappa shape index (κ1) is 13.5. The fraction of sp³-hybridized carbons (Fsp3) is 0.0769. The van der Waals surface area contributed by atoms with E-state index in [9.17, 15) is 9.18 Å². The van der Waals surface area contributed by atoms with Gasteiger partial charge in [-0.3, -0.25) is 9.78 Å². The van der Waals surface area contributed by atoms with Crippen LogP contribution in [0.25, 0.3) is 0 Å². The molecule has 1 aromatic carbocycles. The molecule has 0 fully saturated rings. The van der Waals surface area contributed by atoms with E-state index in [0.717, 1.165) is 6.20 Å². The summed E-state index contributed by atoms with van der Waals surface area (Å²) in [5.74, 6) is -0.327. The molecule has 1 heterocycles. The van der Waals surface area contributed by atoms with Gasteiger partial charge in [0.05, 0.1) is 30.8 Å². The van der Waals surface area contributed by atoms with Crippen LogP contribution in [-0.2, 0) is 0 Å². The van der Waals surface area contributed by atoms with Gasteiger partial charge in [0.2, 0.25) is 0 Å². The van der Waals surface area contributed by atoms with Crippen LogP contribution >= 0.6 is 15.9 Å². The second kappa shape index (κ2) is 5.79. The van der Waals surface area contributed by atoms with E-state index in [1.54, 1.807) is 18.2 Å². The highest BCUT2D eigenvalue weighted by Crippen LogP contribution is 2.23. The first-order valence-corrected chi connectivity index (χ1v) is 6.15. The number of anilines is 1. The van der Waals surface area contributed by atoms with Crippen molar-refractivity contribution in [2.24, 2.45) is 0 Å². The van der Waals surface area contributed by atoms with Gasteiger partial charge in [0.15, 0.2) is 0 Å². The number of nitrogens with zero attached hydrogens (tertiary/aromatic N) is 1. The molecule has 1 aromatic heterocycles. The summed E-state index contributed by atoms with van der Waals surface area (Å²) in [5.41, 5.74) is 0.684. The molecule has 0 unspecified atom stereocenters. The molecule has 1 N–H and O–H groups in total. The van der Waals surface area contributed by atoms with Crippen LogP contribution in [0.3, 0.4) is 0 Å². The fourth-order valence-electron chi connectivity index (χ4n) is 1.48. The van der Waals surface area contributed by atoms with Gasteiger partial charge in [0.25, 0.3) is 5.91 Å². The number of aromatic nitrogens is 1. The van der Waals surface area contributed by atoms with Crippen molar-refractivity contribution in [1.29, 1.82) is 0 Å². The average Bonchev–Trinajstić information content (AvgIpc) is 2.39. The SMILES string of the molecule is COc1ccc(Br)c(C(=O)Nc2cncc(F)c2)c1. The van der Waals surface area contributed by atoms with E-state index < -0.39 is 5.82 Å². The molecule has 0 aliphatic carbocycles. The molecule has 2 aromatic rings. The minimum atomic E-state index is -0.512. The highest BCUT2D eigenvalue weighted by Gasteiger charge is 2.12. The summed E-state index contributed by atoms with van der Waals surface area (Å²) in [6.07, 6.45) is 2.44. The largest absolute Gasteiger partial charge is 0.497 e. The number of carbonyl (C=O) groups is 1. The quantitative estimate of drug-likeness (QED) is 0.942. The first-order chi connectivity index (χ1) is 9.10. The van der Waals surface area contributed by atoms with Crippen LogP contribution in [0.2, 0.25) is 0 Å². The van der Waals surface area contributed by atoms with Crippen molar-refractivity contribution in [2.45, 2.75) is 0 Å². The molecule has 0 bridgehead atoms. The van der Waals surface area contributed by atoms with E-state index in [1.165, 1.54) is 19.4 Å². The van der Waals surface area contributed by atoms with E-state index in [4.69, 9.17) is 4.74 Å². The van der Waals surface area contributed by atoms with Crippen molar-refractivity contribution in [1.82, 2.24) is 4.98 Å². The zero-order valence-corrected chi connectivity index (χ0v) is 11.6. The number of benzene rings is 1. The van der Waals surface area contributed by atoms with E-state index in [2.05, 4.69) is 26.2 Å². The second-order valence-corrected chi connectivity index (χ2v) is 4.55. The molecule has 0 aliphatic rings. The summed E-state index contributed by atoms with van der Waals surface area (Å²) < 4.78 is 18.7. The third-order valence-corrected chi connectivity index (χ3v) is 3.07. The first-order valence-electron chi connectivity index (χ1n) is 5.35. The lowest BCUT2D eigenvalue weighted by Gasteiger charge is -2.08. The van der Waals surface area contributed by atoms with Gasteiger partial charge in [-0.2, -0.15) is 0 Å². The second-order valence-electron chi connectivity index (χ2n) is 3.69. The molecule has 0 aliphatic heterocycles. The molecule has 0 spiro atoms. The molecule has 1 amide bonds. The van der Waals surface area contributed by atoms with E-state index in [-0.39, 0.29) is 5.91 Å². The van der Waals surface area contributed by atoms with Crippen molar-refractivity contribution in [3.8, 4) is 5.75 Å². The number of rotatable bonds is 3. The van der Waals surface area contributed by atoms with Gasteiger partial charge in [-0.25, -0.2) is 4.39 Å². The Hall–Kier alpha value is -1.95. The van der Waals surface area contributed by atoms with E-state index >= 15 is 0 Å². The van der Waals surface area contributed by atoms with E-state index in [0.29, 0.717) is 21.5 Å². The number of nitrogens with one attached hydrogen (secondary N) is 1. The third kappa shape index (κ3) is 3.29. The van der Waals surface area contributed by atoms with Crippen molar-refractivity contribution in [3.63, 3.8) is 0 Å². The molecule has 0 saturated heterocycles. The number of hydrogen-bond donors (Lipinski definition) is 1. The molecular formula is C13H10BrFN2O2. The molecular weight excluding hydrogens is 315 g/mol. The van der Waals surface area contributed by atoms with Gasteiger partial charge in [0.1, 0.15) is 11.6 Å². The zero-order chi connectivity index (χ0) is 13.8. The summed E-state index contributed by atoms with van der Waals surface area (Å²) in [5, 5.41) is 2.56. The minimum absolute atomic E-state index is 0.291. The maximum atomic E-state index is 13.0. The van der Waals surface area contributed by atoms with Gasteiger partial charge in [-0.05, 0) is 34.1 Å². The average molecular weight is 325 g/mol. The monoisotopic (exact) mass is 324 g/mol. The van der Waals surface area contributed by atoms with Crippen LogP contribution in [0.5, 0.6) is 5.75 Å². The lowest BCUT2D eigenvalue weighted by molar-refractivity contribution is 0.102. The highest BCUT2D eigenvalue weighted by molar-refractivity contribution is 9.10. The number of pyridine rings is 1. The van der Waals surface area contributed by atoms with Crippen LogP contribution in [0, 0.1) is 5.82 Å². The maximum Gasteiger partial charge on any atom is 0.256 e. The lowest BCUT2D eigenvalue weighted by Crippen LogP contribution is -2.13. The molecule has 6 heteroatoms. The molecule has 0 saturated carbocycles. The lowest BCUT2D eigenvalue weighted by atomic mass is 10.2. The van der Waals surface area contributed by atoms with Gasteiger partial charge in [0, 0.05) is 10.5 Å². The molecule has 2 rings (SSSR count). The van der Waals surface area contributed by atoms with Crippen LogP contribution in [-0.4, -0.2) is 18.0 Å². The number of amides is 1. The minimum Gasteiger partial charge on any atom is -0.497 e. The Morgan fingerprint density at radius 3 is 2.84 bits per heavy atom. The summed E-state index contributed by atoms with van der Waals surface area (Å²) >= 11 is 3.28. The van der Waals surface area contributed by atoms with Crippen LogP contribution in [0.1, 0.15) is 10.4 Å². The smallest absolute Gasteiger partial charge is 0.256 e. The van der Waals surface area contributed by atoms with Crippen molar-refractivity contribution >= 4 is 27.5 Å². The predicted molar refractivity (Wildman–Crippen MR) is 72.8 cm³/mol. The Balaban J connectivity index is 2.25. The Labute approximate surface area is 117 Å². The maximum absolute atomic E-state index is 13.0. The Kier molecular flexibility index (Phi) is 4.11. The number of ether oxygens (including phenoxy) is 1. The van der Waals surface area contributed by atoms with Crippen LogP contribution in [0.4, 0.5) is 10.1 Å². The van der Waals surface area contributed by atoms with Crippen LogP contribution < -0.4 is 10.1 Å². The topological polar surface area (TPSA) is 51.2 Å².